The second kappa shape index (κ2) is 8.50. The van der Waals surface area contributed by atoms with E-state index in [1.807, 2.05) is 34.6 Å². The van der Waals surface area contributed by atoms with Gasteiger partial charge in [-0.3, -0.25) is 4.79 Å². The quantitative estimate of drug-likeness (QED) is 0.710. The Balaban J connectivity index is 3.10. The van der Waals surface area contributed by atoms with E-state index in [0.29, 0.717) is 17.8 Å². The fourth-order valence-electron chi connectivity index (χ4n) is 3.28. The van der Waals surface area contributed by atoms with Crippen LogP contribution in [0, 0.1) is 11.3 Å². The molecule has 0 spiro atoms. The number of pyridine rings is 1. The summed E-state index contributed by atoms with van der Waals surface area (Å²) < 4.78 is 0. The van der Waals surface area contributed by atoms with E-state index in [4.69, 9.17) is 0 Å². The van der Waals surface area contributed by atoms with Crippen LogP contribution in [0.3, 0.4) is 0 Å². The van der Waals surface area contributed by atoms with Crippen LogP contribution < -0.4 is 5.32 Å². The minimum Gasteiger partial charge on any atom is -0.479 e. The average Bonchev–Trinajstić information content (AvgIpc) is 2.57. The Labute approximate surface area is 161 Å². The van der Waals surface area contributed by atoms with Crippen LogP contribution in [-0.4, -0.2) is 45.4 Å². The summed E-state index contributed by atoms with van der Waals surface area (Å²) in [7, 11) is 1.57. The Morgan fingerprint density at radius 2 is 1.85 bits per heavy atom. The maximum absolute atomic E-state index is 12.8. The number of carboxylic acids is 1. The zero-order valence-electron chi connectivity index (χ0n) is 17.3. The number of hydrogen-bond donors (Lipinski definition) is 2. The summed E-state index contributed by atoms with van der Waals surface area (Å²) >= 11 is 0. The number of ketones is 1. The lowest BCUT2D eigenvalue weighted by atomic mass is 9.65. The highest BCUT2D eigenvalue weighted by molar-refractivity contribution is 5.92. The molecule has 0 radical (unpaired) electrons. The second-order valence-electron chi connectivity index (χ2n) is 8.03. The van der Waals surface area contributed by atoms with Crippen molar-refractivity contribution in [1.82, 2.24) is 15.2 Å². The Kier molecular flexibility index (Phi) is 7.11. The van der Waals surface area contributed by atoms with Gasteiger partial charge in [0.1, 0.15) is 11.2 Å². The maximum Gasteiger partial charge on any atom is 0.330 e. The third-order valence-corrected chi connectivity index (χ3v) is 5.09. The van der Waals surface area contributed by atoms with Gasteiger partial charge in [-0.25, -0.2) is 14.6 Å². The van der Waals surface area contributed by atoms with Gasteiger partial charge < -0.3 is 15.3 Å². The molecule has 150 valence electrons. The fraction of sp³-hybridized carbons (Fsp3) is 0.600. The second-order valence-corrected chi connectivity index (χ2v) is 8.03. The number of urea groups is 1. The molecule has 0 aromatic carbocycles. The summed E-state index contributed by atoms with van der Waals surface area (Å²) in [5.74, 6) is -1.48. The van der Waals surface area contributed by atoms with Crippen LogP contribution in [0.4, 0.5) is 4.79 Å². The average molecular weight is 377 g/mol. The van der Waals surface area contributed by atoms with Crippen molar-refractivity contribution in [1.29, 1.82) is 0 Å². The largest absolute Gasteiger partial charge is 0.479 e. The highest BCUT2D eigenvalue weighted by Gasteiger charge is 2.53. The molecule has 0 aliphatic carbocycles. The summed E-state index contributed by atoms with van der Waals surface area (Å²) in [5.41, 5.74) is -1.23. The third-order valence-electron chi connectivity index (χ3n) is 5.09. The van der Waals surface area contributed by atoms with Gasteiger partial charge in [0.05, 0.1) is 12.2 Å². The minimum absolute atomic E-state index is 0.154. The van der Waals surface area contributed by atoms with Crippen molar-refractivity contribution in [3.8, 4) is 0 Å². The van der Waals surface area contributed by atoms with Crippen molar-refractivity contribution in [2.24, 2.45) is 11.3 Å². The number of nitrogens with one attached hydrogen (secondary N) is 1. The molecule has 1 rings (SSSR count). The molecule has 2 atom stereocenters. The molecule has 7 nitrogen and oxygen atoms in total. The maximum atomic E-state index is 12.8. The van der Waals surface area contributed by atoms with Crippen LogP contribution in [-0.2, 0) is 11.3 Å². The van der Waals surface area contributed by atoms with Gasteiger partial charge >= 0.3 is 12.0 Å². The van der Waals surface area contributed by atoms with E-state index in [0.717, 1.165) is 0 Å². The molecule has 7 heteroatoms. The number of carbonyl (C=O) groups is 3. The van der Waals surface area contributed by atoms with Gasteiger partial charge in [-0.05, 0) is 23.5 Å². The molecule has 1 aromatic rings. The molecule has 0 saturated carbocycles. The summed E-state index contributed by atoms with van der Waals surface area (Å²) in [6.45, 7) is 10.8. The van der Waals surface area contributed by atoms with Crippen LogP contribution in [0.25, 0.3) is 0 Å². The summed E-state index contributed by atoms with van der Waals surface area (Å²) in [5, 5.41) is 12.8. The van der Waals surface area contributed by atoms with Crippen molar-refractivity contribution in [2.45, 2.75) is 60.0 Å². The molecule has 2 N–H and O–H groups in total. The van der Waals surface area contributed by atoms with E-state index in [1.165, 1.54) is 11.8 Å². The summed E-state index contributed by atoms with van der Waals surface area (Å²) in [4.78, 5) is 42.1. The molecule has 27 heavy (non-hydrogen) atoms. The molecule has 1 heterocycles. The zero-order valence-corrected chi connectivity index (χ0v) is 17.3. The summed E-state index contributed by atoms with van der Waals surface area (Å²) in [6.07, 6.45) is 0.607. The van der Waals surface area contributed by atoms with E-state index >= 15 is 0 Å². The van der Waals surface area contributed by atoms with E-state index < -0.39 is 23.0 Å². The number of carbonyl (C=O) groups excluding carboxylic acids is 2. The Bertz CT molecular complexity index is 711. The van der Waals surface area contributed by atoms with Crippen LogP contribution in [0.15, 0.2) is 18.2 Å². The first-order valence-electron chi connectivity index (χ1n) is 9.10. The van der Waals surface area contributed by atoms with Crippen LogP contribution >= 0.6 is 0 Å². The standard InChI is InChI=1S/C20H31N3O4/c1-8-13(2)20(17(25)26,19(4,5)6)22-18(27)23(7)12-15-10-9-11-16(21-15)14(3)24/h9-11,13H,8,12H2,1-7H3,(H,22,27)(H,25,26)/t13-,20+/m0/s1. The molecule has 0 unspecified atom stereocenters. The Hall–Kier alpha value is -2.44. The predicted molar refractivity (Wildman–Crippen MR) is 104 cm³/mol. The SMILES string of the molecule is CC[C@H](C)[C@@](NC(=O)N(C)Cc1cccc(C(C)=O)n1)(C(=O)O)C(C)(C)C. The normalized spacial score (nSPS) is 14.8. The number of amides is 2. The molecule has 1 aromatic heterocycles. The van der Waals surface area contributed by atoms with Crippen LogP contribution in [0.2, 0.25) is 0 Å². The number of carboxylic acid groups (broad SMARTS) is 1. The molecule has 0 aliphatic heterocycles. The monoisotopic (exact) mass is 377 g/mol. The Morgan fingerprint density at radius 1 is 1.26 bits per heavy atom. The van der Waals surface area contributed by atoms with Gasteiger partial charge in [-0.15, -0.1) is 0 Å². The van der Waals surface area contributed by atoms with Gasteiger partial charge in [0, 0.05) is 14.0 Å². The van der Waals surface area contributed by atoms with Gasteiger partial charge in [-0.2, -0.15) is 0 Å². The van der Waals surface area contributed by atoms with Gasteiger partial charge in [0.15, 0.2) is 5.78 Å². The van der Waals surface area contributed by atoms with E-state index in [1.54, 1.807) is 25.2 Å². The highest BCUT2D eigenvalue weighted by atomic mass is 16.4. The lowest BCUT2D eigenvalue weighted by Crippen LogP contribution is -2.67. The molecule has 2 amide bonds. The third kappa shape index (κ3) is 4.84. The smallest absolute Gasteiger partial charge is 0.330 e. The number of nitrogens with zero attached hydrogens (tertiary/aromatic N) is 2. The topological polar surface area (TPSA) is 99.6 Å². The van der Waals surface area contributed by atoms with Crippen molar-refractivity contribution in [2.75, 3.05) is 7.05 Å². The predicted octanol–water partition coefficient (Wildman–Crippen LogP) is 3.34. The number of aliphatic carboxylic acids is 1. The highest BCUT2D eigenvalue weighted by Crippen LogP contribution is 2.38. The molecule has 0 aliphatic rings. The first kappa shape index (κ1) is 22.6. The summed E-state index contributed by atoms with van der Waals surface area (Å²) in [6, 6.07) is 4.55. The van der Waals surface area contributed by atoms with Crippen molar-refractivity contribution in [3.63, 3.8) is 0 Å². The lowest BCUT2D eigenvalue weighted by molar-refractivity contribution is -0.153. The van der Waals surface area contributed by atoms with E-state index in [9.17, 15) is 19.5 Å². The van der Waals surface area contributed by atoms with Crippen molar-refractivity contribution < 1.29 is 19.5 Å². The van der Waals surface area contributed by atoms with E-state index in [-0.39, 0.29) is 18.2 Å². The first-order valence-corrected chi connectivity index (χ1v) is 9.10. The Morgan fingerprint density at radius 3 is 2.30 bits per heavy atom. The van der Waals surface area contributed by atoms with Gasteiger partial charge in [-0.1, -0.05) is 47.1 Å². The van der Waals surface area contributed by atoms with Gasteiger partial charge in [0.25, 0.3) is 0 Å². The minimum atomic E-state index is -1.41. The van der Waals surface area contributed by atoms with Gasteiger partial charge in [0.2, 0.25) is 0 Å². The number of hydrogen-bond acceptors (Lipinski definition) is 4. The van der Waals surface area contributed by atoms with Crippen molar-refractivity contribution >= 4 is 17.8 Å². The number of aromatic nitrogens is 1. The number of rotatable bonds is 7. The molecular weight excluding hydrogens is 346 g/mol. The van der Waals surface area contributed by atoms with Crippen molar-refractivity contribution in [3.05, 3.63) is 29.6 Å². The molecule has 0 saturated heterocycles. The zero-order chi connectivity index (χ0) is 21.0. The lowest BCUT2D eigenvalue weighted by Gasteiger charge is -2.46. The van der Waals surface area contributed by atoms with E-state index in [2.05, 4.69) is 10.3 Å². The van der Waals surface area contributed by atoms with Crippen LogP contribution in [0.5, 0.6) is 0 Å². The fourth-order valence-corrected chi connectivity index (χ4v) is 3.28. The molecule has 0 bridgehead atoms. The molecular formula is C20H31N3O4. The first-order chi connectivity index (χ1) is 12.4. The molecule has 0 fully saturated rings. The van der Waals surface area contributed by atoms with Crippen LogP contribution in [0.1, 0.15) is 64.1 Å². The number of Topliss-reactive ketones (excluding diaryl/α,β-unsaturated/α-hetero) is 1.